The third-order valence-electron chi connectivity index (χ3n) is 3.26. The van der Waals surface area contributed by atoms with Gasteiger partial charge in [-0.1, -0.05) is 60.7 Å². The predicted molar refractivity (Wildman–Crippen MR) is 85.1 cm³/mol. The Balaban J connectivity index is 2.05. The molecule has 5 heteroatoms. The molecular formula is C17H19N3O2. The van der Waals surface area contributed by atoms with E-state index in [2.05, 4.69) is 10.6 Å². The molecule has 4 N–H and O–H groups in total. The SMILES string of the molecule is NC(=O)NC(=O)CN[C@H](Cc1ccccc1)c1ccccc1. The Morgan fingerprint density at radius 2 is 1.55 bits per heavy atom. The lowest BCUT2D eigenvalue weighted by atomic mass is 9.99. The molecule has 114 valence electrons. The smallest absolute Gasteiger partial charge is 0.318 e. The van der Waals surface area contributed by atoms with Crippen LogP contribution in [0.2, 0.25) is 0 Å². The number of rotatable bonds is 6. The highest BCUT2D eigenvalue weighted by Crippen LogP contribution is 2.18. The molecule has 1 atom stereocenters. The Morgan fingerprint density at radius 3 is 2.14 bits per heavy atom. The van der Waals surface area contributed by atoms with Crippen LogP contribution in [-0.2, 0) is 11.2 Å². The van der Waals surface area contributed by atoms with Crippen molar-refractivity contribution in [3.63, 3.8) is 0 Å². The van der Waals surface area contributed by atoms with Crippen molar-refractivity contribution >= 4 is 11.9 Å². The van der Waals surface area contributed by atoms with Gasteiger partial charge in [0.05, 0.1) is 6.54 Å². The summed E-state index contributed by atoms with van der Waals surface area (Å²) in [5, 5.41) is 5.22. The van der Waals surface area contributed by atoms with Gasteiger partial charge in [-0.3, -0.25) is 10.1 Å². The molecule has 0 aliphatic rings. The van der Waals surface area contributed by atoms with E-state index in [0.717, 1.165) is 12.0 Å². The molecule has 0 fully saturated rings. The number of amides is 3. The lowest BCUT2D eigenvalue weighted by molar-refractivity contribution is -0.119. The number of hydrogen-bond donors (Lipinski definition) is 3. The summed E-state index contributed by atoms with van der Waals surface area (Å²) in [7, 11) is 0. The van der Waals surface area contributed by atoms with Crippen molar-refractivity contribution in [1.82, 2.24) is 10.6 Å². The van der Waals surface area contributed by atoms with Gasteiger partial charge >= 0.3 is 6.03 Å². The van der Waals surface area contributed by atoms with Crippen molar-refractivity contribution in [1.29, 1.82) is 0 Å². The van der Waals surface area contributed by atoms with Gasteiger partial charge in [0.25, 0.3) is 0 Å². The molecule has 0 radical (unpaired) electrons. The fourth-order valence-electron chi connectivity index (χ4n) is 2.24. The highest BCUT2D eigenvalue weighted by atomic mass is 16.2. The number of hydrogen-bond acceptors (Lipinski definition) is 3. The lowest BCUT2D eigenvalue weighted by Crippen LogP contribution is -2.41. The summed E-state index contributed by atoms with van der Waals surface area (Å²) in [6, 6.07) is 19.0. The predicted octanol–water partition coefficient (Wildman–Crippen LogP) is 1.75. The molecule has 0 aliphatic heterocycles. The maximum absolute atomic E-state index is 11.6. The van der Waals surface area contributed by atoms with E-state index in [1.165, 1.54) is 5.56 Å². The summed E-state index contributed by atoms with van der Waals surface area (Å²) < 4.78 is 0. The van der Waals surface area contributed by atoms with E-state index in [9.17, 15) is 9.59 Å². The molecule has 2 aromatic carbocycles. The largest absolute Gasteiger partial charge is 0.351 e. The molecule has 22 heavy (non-hydrogen) atoms. The maximum Gasteiger partial charge on any atom is 0.318 e. The third-order valence-corrected chi connectivity index (χ3v) is 3.26. The Bertz CT molecular complexity index is 614. The van der Waals surface area contributed by atoms with E-state index in [0.29, 0.717) is 0 Å². The van der Waals surface area contributed by atoms with Crippen molar-refractivity contribution in [3.8, 4) is 0 Å². The molecule has 0 heterocycles. The summed E-state index contributed by atoms with van der Waals surface area (Å²) in [6.45, 7) is 0.0231. The third kappa shape index (κ3) is 5.03. The van der Waals surface area contributed by atoms with Crippen LogP contribution in [-0.4, -0.2) is 18.5 Å². The number of nitrogens with one attached hydrogen (secondary N) is 2. The molecule has 2 aromatic rings. The second-order valence-corrected chi connectivity index (χ2v) is 4.95. The zero-order valence-electron chi connectivity index (χ0n) is 12.2. The van der Waals surface area contributed by atoms with Crippen LogP contribution >= 0.6 is 0 Å². The molecule has 0 aliphatic carbocycles. The number of benzene rings is 2. The average molecular weight is 297 g/mol. The van der Waals surface area contributed by atoms with Gasteiger partial charge in [-0.05, 0) is 17.5 Å². The van der Waals surface area contributed by atoms with E-state index >= 15 is 0 Å². The fourth-order valence-corrected chi connectivity index (χ4v) is 2.24. The van der Waals surface area contributed by atoms with Gasteiger partial charge in [-0.15, -0.1) is 0 Å². The van der Waals surface area contributed by atoms with Crippen LogP contribution < -0.4 is 16.4 Å². The molecule has 5 nitrogen and oxygen atoms in total. The van der Waals surface area contributed by atoms with E-state index in [1.54, 1.807) is 0 Å². The Morgan fingerprint density at radius 1 is 0.955 bits per heavy atom. The van der Waals surface area contributed by atoms with Crippen molar-refractivity contribution in [3.05, 3.63) is 71.8 Å². The zero-order chi connectivity index (χ0) is 15.8. The van der Waals surface area contributed by atoms with Crippen molar-refractivity contribution in [2.75, 3.05) is 6.54 Å². The number of primary amides is 1. The zero-order valence-corrected chi connectivity index (χ0v) is 12.2. The number of urea groups is 1. The van der Waals surface area contributed by atoms with E-state index in [1.807, 2.05) is 60.7 Å². The molecule has 2 rings (SSSR count). The second-order valence-electron chi connectivity index (χ2n) is 4.95. The van der Waals surface area contributed by atoms with Gasteiger partial charge in [0.15, 0.2) is 0 Å². The lowest BCUT2D eigenvalue weighted by Gasteiger charge is -2.19. The van der Waals surface area contributed by atoms with Crippen molar-refractivity contribution in [2.24, 2.45) is 5.73 Å². The van der Waals surface area contributed by atoms with Gasteiger partial charge in [0, 0.05) is 6.04 Å². The molecule has 0 saturated carbocycles. The minimum Gasteiger partial charge on any atom is -0.351 e. The van der Waals surface area contributed by atoms with Gasteiger partial charge in [-0.25, -0.2) is 4.79 Å². The molecule has 0 unspecified atom stereocenters. The number of carbonyl (C=O) groups excluding carboxylic acids is 2. The van der Waals surface area contributed by atoms with Crippen LogP contribution in [0.15, 0.2) is 60.7 Å². The highest BCUT2D eigenvalue weighted by molar-refractivity contribution is 5.94. The van der Waals surface area contributed by atoms with E-state index in [4.69, 9.17) is 5.73 Å². The molecular weight excluding hydrogens is 278 g/mol. The van der Waals surface area contributed by atoms with Gasteiger partial charge in [0.1, 0.15) is 0 Å². The number of nitrogens with two attached hydrogens (primary N) is 1. The molecule has 0 bridgehead atoms. The summed E-state index contributed by atoms with van der Waals surface area (Å²) in [6.07, 6.45) is 0.745. The monoisotopic (exact) mass is 297 g/mol. The van der Waals surface area contributed by atoms with Gasteiger partial charge in [-0.2, -0.15) is 0 Å². The quantitative estimate of drug-likeness (QED) is 0.759. The first-order valence-corrected chi connectivity index (χ1v) is 7.06. The van der Waals surface area contributed by atoms with Crippen LogP contribution in [0.25, 0.3) is 0 Å². The van der Waals surface area contributed by atoms with Crippen LogP contribution in [0.5, 0.6) is 0 Å². The first-order chi connectivity index (χ1) is 10.6. The molecule has 0 spiro atoms. The van der Waals surface area contributed by atoms with E-state index in [-0.39, 0.29) is 12.6 Å². The first-order valence-electron chi connectivity index (χ1n) is 7.06. The Labute approximate surface area is 129 Å². The van der Waals surface area contributed by atoms with Crippen LogP contribution in [0.3, 0.4) is 0 Å². The first kappa shape index (κ1) is 15.7. The van der Waals surface area contributed by atoms with Crippen molar-refractivity contribution < 1.29 is 9.59 Å². The summed E-state index contributed by atoms with van der Waals surface area (Å²) in [5.74, 6) is -0.443. The standard InChI is InChI=1S/C17H19N3O2/c18-17(22)20-16(21)12-19-15(14-9-5-2-6-10-14)11-13-7-3-1-4-8-13/h1-10,15,19H,11-12H2,(H3,18,20,21,22)/t15-/m1/s1. The Hall–Kier alpha value is -2.66. The van der Waals surface area contributed by atoms with Crippen molar-refractivity contribution in [2.45, 2.75) is 12.5 Å². The summed E-state index contributed by atoms with van der Waals surface area (Å²) >= 11 is 0. The van der Waals surface area contributed by atoms with Crippen LogP contribution in [0.1, 0.15) is 17.2 Å². The molecule has 0 aromatic heterocycles. The molecule has 0 saturated heterocycles. The minimum atomic E-state index is -0.842. The second kappa shape index (κ2) is 7.95. The maximum atomic E-state index is 11.6. The van der Waals surface area contributed by atoms with Gasteiger partial charge in [0.2, 0.25) is 5.91 Å². The van der Waals surface area contributed by atoms with Crippen LogP contribution in [0, 0.1) is 0 Å². The molecule has 3 amide bonds. The number of carbonyl (C=O) groups is 2. The Kier molecular flexibility index (Phi) is 5.68. The topological polar surface area (TPSA) is 84.2 Å². The van der Waals surface area contributed by atoms with Gasteiger partial charge < -0.3 is 11.1 Å². The highest BCUT2D eigenvalue weighted by Gasteiger charge is 2.14. The average Bonchev–Trinajstić information content (AvgIpc) is 2.52. The number of imide groups is 1. The van der Waals surface area contributed by atoms with E-state index < -0.39 is 11.9 Å². The van der Waals surface area contributed by atoms with Crippen LogP contribution in [0.4, 0.5) is 4.79 Å². The fraction of sp³-hybridized carbons (Fsp3) is 0.176. The normalized spacial score (nSPS) is 11.6. The summed E-state index contributed by atoms with van der Waals surface area (Å²) in [4.78, 5) is 22.2. The summed E-state index contributed by atoms with van der Waals surface area (Å²) in [5.41, 5.74) is 7.18. The minimum absolute atomic E-state index is 0.0231.